The Labute approximate surface area is 197 Å². The third-order valence-corrected chi connectivity index (χ3v) is 6.18. The first-order valence-corrected chi connectivity index (χ1v) is 11.0. The van der Waals surface area contributed by atoms with Gasteiger partial charge in [-0.2, -0.15) is 0 Å². The van der Waals surface area contributed by atoms with Crippen LogP contribution in [0.1, 0.15) is 12.0 Å². The summed E-state index contributed by atoms with van der Waals surface area (Å²) < 4.78 is 5.48. The van der Waals surface area contributed by atoms with Crippen molar-refractivity contribution in [3.63, 3.8) is 0 Å². The first kappa shape index (κ1) is 23.5. The molecular formula is C23H23Cl3N2O3. The molecule has 31 heavy (non-hydrogen) atoms. The smallest absolute Gasteiger partial charge is 0.246 e. The predicted octanol–water partition coefficient (Wildman–Crippen LogP) is 5.11. The highest BCUT2D eigenvalue weighted by Gasteiger charge is 2.23. The van der Waals surface area contributed by atoms with Crippen LogP contribution in [0.2, 0.25) is 15.1 Å². The molecule has 2 aromatic carbocycles. The summed E-state index contributed by atoms with van der Waals surface area (Å²) in [6.07, 6.45) is 2.11. The third-order valence-electron chi connectivity index (χ3n) is 5.32. The van der Waals surface area contributed by atoms with Gasteiger partial charge >= 0.3 is 0 Å². The Hall–Kier alpha value is -2.21. The number of hydrogen-bond acceptors (Lipinski definition) is 3. The number of carbonyl (C=O) groups excluding carboxylic acids is 2. The van der Waals surface area contributed by atoms with Crippen molar-refractivity contribution in [2.45, 2.75) is 12.8 Å². The van der Waals surface area contributed by atoms with Crippen LogP contribution < -0.4 is 4.74 Å². The number of benzene rings is 2. The Bertz CT molecular complexity index is 1000. The molecule has 1 aliphatic heterocycles. The highest BCUT2D eigenvalue weighted by molar-refractivity contribution is 6.38. The van der Waals surface area contributed by atoms with Crippen LogP contribution >= 0.6 is 34.8 Å². The van der Waals surface area contributed by atoms with Gasteiger partial charge in [0, 0.05) is 53.8 Å². The molecule has 2 amide bonds. The number of rotatable bonds is 6. The zero-order chi connectivity index (χ0) is 22.5. The van der Waals surface area contributed by atoms with E-state index >= 15 is 0 Å². The molecule has 164 valence electrons. The lowest BCUT2D eigenvalue weighted by Crippen LogP contribution is -2.50. The lowest BCUT2D eigenvalue weighted by atomic mass is 9.99. The number of nitrogens with zero attached hydrogens (tertiary/aromatic N) is 2. The summed E-state index contributed by atoms with van der Waals surface area (Å²) in [6.45, 7) is 5.57. The fourth-order valence-corrected chi connectivity index (χ4v) is 4.37. The van der Waals surface area contributed by atoms with Gasteiger partial charge in [0.2, 0.25) is 11.8 Å². The number of ether oxygens (including phenoxy) is 1. The number of aryl methyl sites for hydroxylation is 1. The molecule has 3 rings (SSSR count). The van der Waals surface area contributed by atoms with Crippen molar-refractivity contribution in [3.05, 3.63) is 63.6 Å². The highest BCUT2D eigenvalue weighted by atomic mass is 35.5. The molecule has 1 saturated heterocycles. The maximum Gasteiger partial charge on any atom is 0.246 e. The van der Waals surface area contributed by atoms with Crippen molar-refractivity contribution in [2.75, 3.05) is 33.3 Å². The van der Waals surface area contributed by atoms with Crippen molar-refractivity contribution < 1.29 is 14.3 Å². The van der Waals surface area contributed by atoms with Crippen molar-refractivity contribution in [1.29, 1.82) is 0 Å². The largest absolute Gasteiger partial charge is 0.496 e. The molecule has 0 unspecified atom stereocenters. The van der Waals surface area contributed by atoms with E-state index in [0.29, 0.717) is 59.8 Å². The molecule has 1 heterocycles. The monoisotopic (exact) mass is 480 g/mol. The van der Waals surface area contributed by atoms with Crippen LogP contribution in [0.15, 0.2) is 43.0 Å². The first-order chi connectivity index (χ1) is 14.8. The second kappa shape index (κ2) is 10.4. The quantitative estimate of drug-likeness (QED) is 0.539. The Balaban J connectivity index is 1.73. The van der Waals surface area contributed by atoms with Crippen LogP contribution in [-0.2, 0) is 16.0 Å². The Morgan fingerprint density at radius 3 is 2.26 bits per heavy atom. The maximum atomic E-state index is 12.7. The second-order valence-corrected chi connectivity index (χ2v) is 8.43. The zero-order valence-corrected chi connectivity index (χ0v) is 19.4. The van der Waals surface area contributed by atoms with Gasteiger partial charge in [-0.25, -0.2) is 0 Å². The fraction of sp³-hybridized carbons (Fsp3) is 0.304. The number of piperazine rings is 1. The van der Waals surface area contributed by atoms with E-state index < -0.39 is 0 Å². The average molecular weight is 482 g/mol. The predicted molar refractivity (Wildman–Crippen MR) is 125 cm³/mol. The van der Waals surface area contributed by atoms with Crippen LogP contribution in [0.25, 0.3) is 11.1 Å². The van der Waals surface area contributed by atoms with E-state index in [1.165, 1.54) is 6.08 Å². The molecule has 0 bridgehead atoms. The molecule has 0 N–H and O–H groups in total. The summed E-state index contributed by atoms with van der Waals surface area (Å²) in [5.41, 5.74) is 2.37. The van der Waals surface area contributed by atoms with Gasteiger partial charge in [-0.15, -0.1) is 0 Å². The number of halogens is 3. The van der Waals surface area contributed by atoms with Crippen LogP contribution in [0.5, 0.6) is 5.75 Å². The van der Waals surface area contributed by atoms with Crippen molar-refractivity contribution in [3.8, 4) is 16.9 Å². The van der Waals surface area contributed by atoms with Crippen molar-refractivity contribution >= 4 is 46.6 Å². The number of amides is 2. The van der Waals surface area contributed by atoms with E-state index in [0.717, 1.165) is 16.7 Å². The average Bonchev–Trinajstić information content (AvgIpc) is 2.77. The molecule has 0 saturated carbocycles. The van der Waals surface area contributed by atoms with Gasteiger partial charge in [0.05, 0.1) is 12.1 Å². The molecule has 0 atom stereocenters. The maximum absolute atomic E-state index is 12.7. The summed E-state index contributed by atoms with van der Waals surface area (Å²) in [5, 5.41) is 1.53. The molecular weight excluding hydrogens is 459 g/mol. The molecule has 2 aromatic rings. The molecule has 1 aliphatic rings. The van der Waals surface area contributed by atoms with Crippen LogP contribution in [0.4, 0.5) is 0 Å². The standard InChI is InChI=1S/C23H23Cl3N2O3/c1-3-22(29)27-8-10-28(11-9-27)23(30)7-4-15-12-18(20(26)14-21(15)31-2)17-6-5-16(24)13-19(17)25/h3,5-6,12-14H,1,4,7-11H2,2H3. The Morgan fingerprint density at radius 2 is 1.65 bits per heavy atom. The second-order valence-electron chi connectivity index (χ2n) is 7.18. The zero-order valence-electron chi connectivity index (χ0n) is 17.2. The van der Waals surface area contributed by atoms with Gasteiger partial charge in [-0.1, -0.05) is 47.4 Å². The number of hydrogen-bond donors (Lipinski definition) is 0. The van der Waals surface area contributed by atoms with Crippen LogP contribution in [0, 0.1) is 0 Å². The molecule has 8 heteroatoms. The fourth-order valence-electron chi connectivity index (χ4n) is 3.60. The minimum Gasteiger partial charge on any atom is -0.496 e. The summed E-state index contributed by atoms with van der Waals surface area (Å²) in [6, 6.07) is 8.88. The number of carbonyl (C=O) groups is 2. The molecule has 0 aromatic heterocycles. The molecule has 5 nitrogen and oxygen atoms in total. The minimum absolute atomic E-state index is 0.0359. The molecule has 0 aliphatic carbocycles. The highest BCUT2D eigenvalue weighted by Crippen LogP contribution is 2.38. The van der Waals surface area contributed by atoms with Gasteiger partial charge < -0.3 is 14.5 Å². The Morgan fingerprint density at radius 1 is 1.00 bits per heavy atom. The summed E-state index contributed by atoms with van der Waals surface area (Å²) in [5.74, 6) is 0.549. The van der Waals surface area contributed by atoms with Gasteiger partial charge in [0.15, 0.2) is 0 Å². The third kappa shape index (κ3) is 5.53. The van der Waals surface area contributed by atoms with Crippen LogP contribution in [-0.4, -0.2) is 54.9 Å². The van der Waals surface area contributed by atoms with E-state index in [2.05, 4.69) is 6.58 Å². The molecule has 0 spiro atoms. The lowest BCUT2D eigenvalue weighted by molar-refractivity contribution is -0.137. The SMILES string of the molecule is C=CC(=O)N1CCN(C(=O)CCc2cc(-c3ccc(Cl)cc3Cl)c(Cl)cc2OC)CC1. The van der Waals surface area contributed by atoms with E-state index in [4.69, 9.17) is 39.5 Å². The summed E-state index contributed by atoms with van der Waals surface area (Å²) >= 11 is 18.9. The first-order valence-electron chi connectivity index (χ1n) is 9.85. The minimum atomic E-state index is -0.105. The molecule has 1 fully saturated rings. The van der Waals surface area contributed by atoms with E-state index in [-0.39, 0.29) is 11.8 Å². The van der Waals surface area contributed by atoms with Crippen molar-refractivity contribution in [2.24, 2.45) is 0 Å². The van der Waals surface area contributed by atoms with Gasteiger partial charge in [-0.05, 0) is 42.3 Å². The van der Waals surface area contributed by atoms with E-state index in [1.54, 1.807) is 35.1 Å². The van der Waals surface area contributed by atoms with Gasteiger partial charge in [0.25, 0.3) is 0 Å². The Kier molecular flexibility index (Phi) is 7.87. The number of methoxy groups -OCH3 is 1. The van der Waals surface area contributed by atoms with Gasteiger partial charge in [0.1, 0.15) is 5.75 Å². The van der Waals surface area contributed by atoms with Crippen molar-refractivity contribution in [1.82, 2.24) is 9.80 Å². The normalized spacial score (nSPS) is 13.8. The van der Waals surface area contributed by atoms with Crippen LogP contribution in [0.3, 0.4) is 0 Å². The van der Waals surface area contributed by atoms with Gasteiger partial charge in [-0.3, -0.25) is 9.59 Å². The summed E-state index contributed by atoms with van der Waals surface area (Å²) in [4.78, 5) is 27.9. The summed E-state index contributed by atoms with van der Waals surface area (Å²) in [7, 11) is 1.57. The lowest BCUT2D eigenvalue weighted by Gasteiger charge is -2.34. The topological polar surface area (TPSA) is 49.9 Å². The molecule has 0 radical (unpaired) electrons. The van der Waals surface area contributed by atoms with E-state index in [1.807, 2.05) is 12.1 Å². The van der Waals surface area contributed by atoms with E-state index in [9.17, 15) is 9.59 Å².